The van der Waals surface area contributed by atoms with Crippen molar-refractivity contribution in [1.29, 1.82) is 0 Å². The zero-order chi connectivity index (χ0) is 21.1. The first kappa shape index (κ1) is 20.9. The van der Waals surface area contributed by atoms with Crippen LogP contribution in [0, 0.1) is 0 Å². The average Bonchev–Trinajstić information content (AvgIpc) is 3.09. The number of nitrogens with zero attached hydrogens (tertiary/aromatic N) is 1. The summed E-state index contributed by atoms with van der Waals surface area (Å²) in [6.07, 6.45) is 9.22. The van der Waals surface area contributed by atoms with Gasteiger partial charge in [0, 0.05) is 17.2 Å². The molecule has 1 fully saturated rings. The third-order valence-corrected chi connectivity index (χ3v) is 6.79. The van der Waals surface area contributed by atoms with Gasteiger partial charge in [0.2, 0.25) is 0 Å². The van der Waals surface area contributed by atoms with E-state index in [1.54, 1.807) is 7.11 Å². The maximum Gasteiger partial charge on any atom is 0.327 e. The first-order chi connectivity index (χ1) is 14.7. The van der Waals surface area contributed by atoms with Crippen LogP contribution in [0.4, 0.5) is 0 Å². The lowest BCUT2D eigenvalue weighted by molar-refractivity contribution is -0.145. The Morgan fingerprint density at radius 1 is 1.07 bits per heavy atom. The summed E-state index contributed by atoms with van der Waals surface area (Å²) in [5.74, 6) is 0.421. The second kappa shape index (κ2) is 9.21. The average molecular weight is 413 g/mol. The topological polar surface area (TPSA) is 67.9 Å². The van der Waals surface area contributed by atoms with Crippen molar-refractivity contribution < 1.29 is 19.1 Å². The van der Waals surface area contributed by atoms with Gasteiger partial charge in [-0.3, -0.25) is 10.1 Å². The molecule has 1 aromatic carbocycles. The predicted octanol–water partition coefficient (Wildman–Crippen LogP) is 3.87. The molecule has 1 N–H and O–H groups in total. The highest BCUT2D eigenvalue weighted by molar-refractivity contribution is 5.98. The summed E-state index contributed by atoms with van der Waals surface area (Å²) in [5.41, 5.74) is 2.86. The highest BCUT2D eigenvalue weighted by atomic mass is 16.5. The number of amides is 1. The summed E-state index contributed by atoms with van der Waals surface area (Å²) < 4.78 is 10.7. The number of ether oxygens (including phenoxy) is 2. The zero-order valence-corrected chi connectivity index (χ0v) is 18.0. The smallest absolute Gasteiger partial charge is 0.327 e. The summed E-state index contributed by atoms with van der Waals surface area (Å²) in [6.45, 7) is 0. The minimum atomic E-state index is -0.705. The minimum absolute atomic E-state index is 0.165. The van der Waals surface area contributed by atoms with E-state index in [0.29, 0.717) is 5.75 Å². The summed E-state index contributed by atoms with van der Waals surface area (Å²) in [4.78, 5) is 28.3. The Morgan fingerprint density at radius 2 is 1.80 bits per heavy atom. The zero-order valence-electron chi connectivity index (χ0n) is 18.0. The van der Waals surface area contributed by atoms with Gasteiger partial charge in [0.15, 0.2) is 0 Å². The van der Waals surface area contributed by atoms with Crippen LogP contribution < -0.4 is 10.1 Å². The standard InChI is InChI=1S/C24H32N2O4/c1-29-20-15-9-8-14-19(20)21(24(28)30-2)25-22-17-12-6-7-13-18(17)23(27)26(22)16-10-4-3-5-11-16/h8-9,14-16,21-22,25H,3-7,10-13H2,1-2H3. The Balaban J connectivity index is 1.70. The van der Waals surface area contributed by atoms with Gasteiger partial charge in [0.25, 0.3) is 5.91 Å². The van der Waals surface area contributed by atoms with Crippen molar-refractivity contribution in [2.24, 2.45) is 0 Å². The van der Waals surface area contributed by atoms with E-state index in [9.17, 15) is 9.59 Å². The fourth-order valence-electron chi connectivity index (χ4n) is 5.30. The van der Waals surface area contributed by atoms with Crippen LogP contribution in [0.25, 0.3) is 0 Å². The second-order valence-electron chi connectivity index (χ2n) is 8.48. The first-order valence-electron chi connectivity index (χ1n) is 11.2. The molecule has 30 heavy (non-hydrogen) atoms. The molecule has 1 aromatic rings. The van der Waals surface area contributed by atoms with Crippen molar-refractivity contribution in [3.63, 3.8) is 0 Å². The van der Waals surface area contributed by atoms with E-state index in [1.807, 2.05) is 29.2 Å². The van der Waals surface area contributed by atoms with E-state index < -0.39 is 6.04 Å². The Labute approximate surface area is 178 Å². The van der Waals surface area contributed by atoms with Crippen LogP contribution in [0.1, 0.15) is 69.4 Å². The monoisotopic (exact) mass is 412 g/mol. The molecular formula is C24H32N2O4. The molecule has 0 spiro atoms. The van der Waals surface area contributed by atoms with Gasteiger partial charge in [0.1, 0.15) is 18.0 Å². The molecular weight excluding hydrogens is 380 g/mol. The molecule has 3 aliphatic rings. The molecule has 2 atom stereocenters. The van der Waals surface area contributed by atoms with E-state index in [-0.39, 0.29) is 24.1 Å². The lowest BCUT2D eigenvalue weighted by Gasteiger charge is -2.38. The molecule has 0 bridgehead atoms. The number of rotatable bonds is 6. The van der Waals surface area contributed by atoms with Gasteiger partial charge >= 0.3 is 5.97 Å². The summed E-state index contributed by atoms with van der Waals surface area (Å²) in [6, 6.07) is 7.02. The van der Waals surface area contributed by atoms with E-state index in [1.165, 1.54) is 19.1 Å². The van der Waals surface area contributed by atoms with Crippen LogP contribution in [0.3, 0.4) is 0 Å². The Hall–Kier alpha value is -2.34. The predicted molar refractivity (Wildman–Crippen MR) is 114 cm³/mol. The van der Waals surface area contributed by atoms with Crippen LogP contribution in [-0.2, 0) is 14.3 Å². The quantitative estimate of drug-likeness (QED) is 0.719. The van der Waals surface area contributed by atoms with Gasteiger partial charge in [0.05, 0.1) is 14.2 Å². The van der Waals surface area contributed by atoms with Gasteiger partial charge in [-0.1, -0.05) is 37.5 Å². The summed E-state index contributed by atoms with van der Waals surface area (Å²) >= 11 is 0. The maximum absolute atomic E-state index is 13.4. The lowest BCUT2D eigenvalue weighted by Crippen LogP contribution is -2.53. The highest BCUT2D eigenvalue weighted by Crippen LogP contribution is 2.40. The normalized spacial score (nSPS) is 23.3. The van der Waals surface area contributed by atoms with Crippen LogP contribution in [0.2, 0.25) is 0 Å². The maximum atomic E-state index is 13.4. The van der Waals surface area contributed by atoms with Crippen LogP contribution in [-0.4, -0.2) is 43.2 Å². The van der Waals surface area contributed by atoms with Crippen LogP contribution >= 0.6 is 0 Å². The summed E-state index contributed by atoms with van der Waals surface area (Å²) in [7, 11) is 3.00. The Morgan fingerprint density at radius 3 is 2.53 bits per heavy atom. The number of esters is 1. The fraction of sp³-hybridized carbons (Fsp3) is 0.583. The minimum Gasteiger partial charge on any atom is -0.496 e. The van der Waals surface area contributed by atoms with Crippen molar-refractivity contribution in [3.05, 3.63) is 41.0 Å². The molecule has 4 rings (SSSR count). The van der Waals surface area contributed by atoms with Gasteiger partial charge in [-0.05, 0) is 50.2 Å². The van der Waals surface area contributed by atoms with Crippen molar-refractivity contribution in [3.8, 4) is 5.75 Å². The van der Waals surface area contributed by atoms with Gasteiger partial charge < -0.3 is 14.4 Å². The third kappa shape index (κ3) is 3.85. The molecule has 0 aromatic heterocycles. The molecule has 6 heteroatoms. The van der Waals surface area contributed by atoms with E-state index in [2.05, 4.69) is 5.32 Å². The SMILES string of the molecule is COC(=O)C(NC1C2=C(CCCC2)C(=O)N1C1CCCCC1)c1ccccc1OC. The molecule has 6 nitrogen and oxygen atoms in total. The van der Waals surface area contributed by atoms with Crippen LogP contribution in [0.15, 0.2) is 35.4 Å². The Kier molecular flexibility index (Phi) is 6.42. The molecule has 1 saturated carbocycles. The number of hydrogen-bond acceptors (Lipinski definition) is 5. The summed E-state index contributed by atoms with van der Waals surface area (Å²) in [5, 5.41) is 3.53. The second-order valence-corrected chi connectivity index (χ2v) is 8.48. The molecule has 1 amide bonds. The van der Waals surface area contributed by atoms with Crippen molar-refractivity contribution in [1.82, 2.24) is 10.2 Å². The van der Waals surface area contributed by atoms with Crippen LogP contribution in [0.5, 0.6) is 5.75 Å². The largest absolute Gasteiger partial charge is 0.496 e. The third-order valence-electron chi connectivity index (χ3n) is 6.79. The number of carbonyl (C=O) groups excluding carboxylic acids is 2. The lowest BCUT2D eigenvalue weighted by atomic mass is 9.91. The molecule has 1 aliphatic heterocycles. The number of methoxy groups -OCH3 is 2. The van der Waals surface area contributed by atoms with Crippen molar-refractivity contribution in [2.45, 2.75) is 76.0 Å². The Bertz CT molecular complexity index is 828. The number of nitrogens with one attached hydrogen (secondary N) is 1. The fourth-order valence-corrected chi connectivity index (χ4v) is 5.30. The number of carbonyl (C=O) groups is 2. The number of hydrogen-bond donors (Lipinski definition) is 1. The number of benzene rings is 1. The van der Waals surface area contributed by atoms with Gasteiger partial charge in [-0.15, -0.1) is 0 Å². The molecule has 0 saturated heterocycles. The molecule has 162 valence electrons. The van der Waals surface area contributed by atoms with Crippen molar-refractivity contribution >= 4 is 11.9 Å². The van der Waals surface area contributed by atoms with Gasteiger partial charge in [-0.25, -0.2) is 4.79 Å². The van der Waals surface area contributed by atoms with E-state index in [4.69, 9.17) is 9.47 Å². The molecule has 2 aliphatic carbocycles. The first-order valence-corrected chi connectivity index (χ1v) is 11.2. The molecule has 0 radical (unpaired) electrons. The van der Waals surface area contributed by atoms with E-state index in [0.717, 1.165) is 62.5 Å². The highest BCUT2D eigenvalue weighted by Gasteiger charge is 2.45. The van der Waals surface area contributed by atoms with Crippen molar-refractivity contribution in [2.75, 3.05) is 14.2 Å². The molecule has 1 heterocycles. The number of para-hydroxylation sites is 1. The van der Waals surface area contributed by atoms with Gasteiger partial charge in [-0.2, -0.15) is 0 Å². The van der Waals surface area contributed by atoms with E-state index >= 15 is 0 Å². The molecule has 2 unspecified atom stereocenters.